The van der Waals surface area contributed by atoms with Crippen LogP contribution in [0.15, 0.2) is 17.1 Å². The van der Waals surface area contributed by atoms with Crippen LogP contribution in [0.3, 0.4) is 0 Å². The molecule has 0 bridgehead atoms. The van der Waals surface area contributed by atoms with E-state index in [1.807, 2.05) is 12.1 Å². The minimum Gasteiger partial charge on any atom is -0.370 e. The maximum atomic E-state index is 5.79. The van der Waals surface area contributed by atoms with Crippen molar-refractivity contribution in [2.75, 3.05) is 0 Å². The maximum absolute atomic E-state index is 5.79. The number of nitrogens with two attached hydrogens (primary N) is 1. The molecule has 1 aliphatic rings. The van der Waals surface area contributed by atoms with Gasteiger partial charge in [0.1, 0.15) is 0 Å². The molecule has 1 saturated carbocycles. The van der Waals surface area contributed by atoms with Crippen LogP contribution in [0.2, 0.25) is 4.34 Å². The summed E-state index contributed by atoms with van der Waals surface area (Å²) < 4.78 is 0.795. The Balaban J connectivity index is 1.84. The van der Waals surface area contributed by atoms with E-state index in [4.69, 9.17) is 17.3 Å². The Morgan fingerprint density at radius 1 is 1.64 bits per heavy atom. The van der Waals surface area contributed by atoms with Crippen LogP contribution in [-0.2, 0) is 6.54 Å². The van der Waals surface area contributed by atoms with Gasteiger partial charge < -0.3 is 11.1 Å². The summed E-state index contributed by atoms with van der Waals surface area (Å²) in [5.74, 6) is 0.539. The highest BCUT2D eigenvalue weighted by atomic mass is 35.5. The molecule has 0 radical (unpaired) electrons. The van der Waals surface area contributed by atoms with Gasteiger partial charge in [-0.3, -0.25) is 0 Å². The van der Waals surface area contributed by atoms with Crippen LogP contribution in [0.1, 0.15) is 17.7 Å². The molecule has 0 aliphatic heterocycles. The lowest BCUT2D eigenvalue weighted by molar-refractivity contribution is 0.881. The second kappa shape index (κ2) is 4.19. The molecule has 0 unspecified atom stereocenters. The van der Waals surface area contributed by atoms with Crippen molar-refractivity contribution in [1.82, 2.24) is 5.32 Å². The minimum absolute atomic E-state index is 0.539. The van der Waals surface area contributed by atoms with E-state index in [0.717, 1.165) is 9.21 Å². The van der Waals surface area contributed by atoms with Crippen molar-refractivity contribution in [3.8, 4) is 0 Å². The topological polar surface area (TPSA) is 50.4 Å². The Morgan fingerprint density at radius 2 is 2.43 bits per heavy atom. The first-order valence-corrected chi connectivity index (χ1v) is 5.74. The number of halogens is 1. The van der Waals surface area contributed by atoms with E-state index >= 15 is 0 Å². The van der Waals surface area contributed by atoms with Crippen LogP contribution in [-0.4, -0.2) is 12.0 Å². The third-order valence-electron chi connectivity index (χ3n) is 1.96. The predicted octanol–water partition coefficient (Wildman–Crippen LogP) is 1.97. The zero-order valence-corrected chi connectivity index (χ0v) is 9.24. The summed E-state index contributed by atoms with van der Waals surface area (Å²) in [7, 11) is 0. The number of guanidine groups is 1. The summed E-state index contributed by atoms with van der Waals surface area (Å²) in [6, 6.07) is 4.41. The normalized spacial score (nSPS) is 17.1. The lowest BCUT2D eigenvalue weighted by atomic mass is 10.5. The molecule has 1 aromatic heterocycles. The highest BCUT2D eigenvalue weighted by molar-refractivity contribution is 7.16. The molecule has 0 amide bonds. The molecular formula is C9H12ClN3S. The van der Waals surface area contributed by atoms with Crippen LogP contribution >= 0.6 is 22.9 Å². The van der Waals surface area contributed by atoms with E-state index in [9.17, 15) is 0 Å². The van der Waals surface area contributed by atoms with Crippen LogP contribution in [0.4, 0.5) is 0 Å². The molecule has 0 saturated heterocycles. The quantitative estimate of drug-likeness (QED) is 0.615. The molecule has 76 valence electrons. The van der Waals surface area contributed by atoms with E-state index < -0.39 is 0 Å². The van der Waals surface area contributed by atoms with E-state index in [0.29, 0.717) is 18.5 Å². The molecule has 14 heavy (non-hydrogen) atoms. The summed E-state index contributed by atoms with van der Waals surface area (Å²) in [6.45, 7) is 0.614. The summed E-state index contributed by atoms with van der Waals surface area (Å²) in [6.07, 6.45) is 2.42. The second-order valence-corrected chi connectivity index (χ2v) is 5.13. The van der Waals surface area contributed by atoms with Crippen molar-refractivity contribution in [2.45, 2.75) is 25.4 Å². The van der Waals surface area contributed by atoms with Crippen LogP contribution in [0.5, 0.6) is 0 Å². The number of aliphatic imine (C=N–C) groups is 1. The first-order chi connectivity index (χ1) is 6.74. The Hall–Kier alpha value is -0.740. The number of hydrogen-bond donors (Lipinski definition) is 2. The highest BCUT2D eigenvalue weighted by Gasteiger charge is 2.21. The lowest BCUT2D eigenvalue weighted by Crippen LogP contribution is -2.33. The van der Waals surface area contributed by atoms with Crippen LogP contribution in [0, 0.1) is 0 Å². The Labute approximate surface area is 92.0 Å². The fourth-order valence-corrected chi connectivity index (χ4v) is 2.09. The predicted molar refractivity (Wildman–Crippen MR) is 60.8 cm³/mol. The molecule has 1 heterocycles. The van der Waals surface area contributed by atoms with E-state index in [-0.39, 0.29) is 0 Å². The number of hydrogen-bond acceptors (Lipinski definition) is 2. The third-order valence-corrected chi connectivity index (χ3v) is 3.18. The minimum atomic E-state index is 0.539. The lowest BCUT2D eigenvalue weighted by Gasteiger charge is -2.01. The van der Waals surface area contributed by atoms with Gasteiger partial charge in [0.05, 0.1) is 10.9 Å². The van der Waals surface area contributed by atoms with Crippen LogP contribution in [0.25, 0.3) is 0 Å². The molecule has 1 aromatic rings. The second-order valence-electron chi connectivity index (χ2n) is 3.33. The average Bonchev–Trinajstić information content (AvgIpc) is 2.85. The van der Waals surface area contributed by atoms with E-state index in [1.165, 1.54) is 24.2 Å². The number of thiophene rings is 1. The molecule has 0 spiro atoms. The standard InChI is InChI=1S/C9H12ClN3S/c10-8-4-3-7(14-8)5-12-9(11)13-6-1-2-6/h3-4,6H,1-2,5H2,(H3,11,12,13). The first-order valence-electron chi connectivity index (χ1n) is 4.55. The third kappa shape index (κ3) is 2.89. The molecular weight excluding hydrogens is 218 g/mol. The first kappa shape index (κ1) is 9.80. The zero-order chi connectivity index (χ0) is 9.97. The molecule has 1 aliphatic carbocycles. The van der Waals surface area contributed by atoms with Crippen molar-refractivity contribution in [3.63, 3.8) is 0 Å². The van der Waals surface area contributed by atoms with Crippen molar-refractivity contribution in [1.29, 1.82) is 0 Å². The zero-order valence-electron chi connectivity index (χ0n) is 7.66. The summed E-state index contributed by atoms with van der Waals surface area (Å²) in [5.41, 5.74) is 5.68. The maximum Gasteiger partial charge on any atom is 0.189 e. The highest BCUT2D eigenvalue weighted by Crippen LogP contribution is 2.22. The average molecular weight is 230 g/mol. The molecule has 0 aromatic carbocycles. The Morgan fingerprint density at radius 3 is 3.00 bits per heavy atom. The van der Waals surface area contributed by atoms with E-state index in [2.05, 4.69) is 10.3 Å². The van der Waals surface area contributed by atoms with Gasteiger partial charge in [0.25, 0.3) is 0 Å². The smallest absolute Gasteiger partial charge is 0.189 e. The number of nitrogens with one attached hydrogen (secondary N) is 1. The van der Waals surface area contributed by atoms with Crippen molar-refractivity contribution in [3.05, 3.63) is 21.3 Å². The Kier molecular flexibility index (Phi) is 2.93. The summed E-state index contributed by atoms with van der Waals surface area (Å²) in [4.78, 5) is 5.36. The molecule has 2 rings (SSSR count). The van der Waals surface area contributed by atoms with Gasteiger partial charge in [-0.15, -0.1) is 11.3 Å². The van der Waals surface area contributed by atoms with Gasteiger partial charge in [0.15, 0.2) is 5.96 Å². The molecule has 0 atom stereocenters. The number of nitrogens with zero attached hydrogens (tertiary/aromatic N) is 1. The molecule has 5 heteroatoms. The monoisotopic (exact) mass is 229 g/mol. The van der Waals surface area contributed by atoms with Gasteiger partial charge in [-0.05, 0) is 25.0 Å². The van der Waals surface area contributed by atoms with Gasteiger partial charge in [-0.25, -0.2) is 4.99 Å². The SMILES string of the molecule is NC(=NCc1ccc(Cl)s1)NC1CC1. The van der Waals surface area contributed by atoms with Gasteiger partial charge in [0, 0.05) is 10.9 Å². The van der Waals surface area contributed by atoms with Gasteiger partial charge >= 0.3 is 0 Å². The summed E-state index contributed by atoms with van der Waals surface area (Å²) in [5, 5.41) is 3.13. The van der Waals surface area contributed by atoms with Crippen molar-refractivity contribution < 1.29 is 0 Å². The molecule has 3 nitrogen and oxygen atoms in total. The van der Waals surface area contributed by atoms with Gasteiger partial charge in [-0.1, -0.05) is 11.6 Å². The molecule has 1 fully saturated rings. The van der Waals surface area contributed by atoms with Gasteiger partial charge in [0.2, 0.25) is 0 Å². The fraction of sp³-hybridized carbons (Fsp3) is 0.444. The van der Waals surface area contributed by atoms with Crippen LogP contribution < -0.4 is 11.1 Å². The molecule has 3 N–H and O–H groups in total. The summed E-state index contributed by atoms with van der Waals surface area (Å²) >= 11 is 7.33. The van der Waals surface area contributed by atoms with Crippen molar-refractivity contribution >= 4 is 28.9 Å². The largest absolute Gasteiger partial charge is 0.370 e. The van der Waals surface area contributed by atoms with Crippen molar-refractivity contribution in [2.24, 2.45) is 10.7 Å². The number of rotatable bonds is 3. The fourth-order valence-electron chi connectivity index (χ4n) is 1.08. The van der Waals surface area contributed by atoms with E-state index in [1.54, 1.807) is 0 Å². The van der Waals surface area contributed by atoms with Gasteiger partial charge in [-0.2, -0.15) is 0 Å². The Bertz CT molecular complexity index is 344.